The molecule has 110 valence electrons. The van der Waals surface area contributed by atoms with Crippen LogP contribution in [0.15, 0.2) is 61.1 Å². The van der Waals surface area contributed by atoms with Crippen molar-refractivity contribution in [1.29, 1.82) is 0 Å². The minimum atomic E-state index is -0.0412. The Morgan fingerprint density at radius 2 is 1.55 bits per heavy atom. The first-order valence-corrected chi connectivity index (χ1v) is 7.15. The molecule has 0 aliphatic heterocycles. The molecule has 0 aliphatic rings. The molecule has 4 nitrogen and oxygen atoms in total. The van der Waals surface area contributed by atoms with E-state index in [4.69, 9.17) is 4.74 Å². The Morgan fingerprint density at radius 1 is 0.818 bits per heavy atom. The number of aromatic nitrogens is 3. The molecular formula is C18H17N3O. The van der Waals surface area contributed by atoms with Crippen LogP contribution in [0, 0.1) is 0 Å². The third-order valence-electron chi connectivity index (χ3n) is 3.60. The fraction of sp³-hybridized carbons (Fsp3) is 0.167. The van der Waals surface area contributed by atoms with E-state index in [2.05, 4.69) is 15.0 Å². The normalized spacial score (nSPS) is 12.1. The molecule has 4 heteroatoms. The smallest absolute Gasteiger partial charge is 0.0980 e. The third kappa shape index (κ3) is 2.73. The van der Waals surface area contributed by atoms with E-state index in [9.17, 15) is 0 Å². The van der Waals surface area contributed by atoms with Gasteiger partial charge in [0, 0.05) is 36.8 Å². The molecule has 3 heterocycles. The summed E-state index contributed by atoms with van der Waals surface area (Å²) < 4.78 is 5.47. The molecule has 3 aromatic rings. The number of methoxy groups -OCH3 is 1. The minimum Gasteiger partial charge on any atom is -0.377 e. The Bertz CT molecular complexity index is 759. The van der Waals surface area contributed by atoms with Gasteiger partial charge in [-0.3, -0.25) is 15.0 Å². The SMILES string of the molecule is COC(C)c1cccnc1-c1cccnc1-c1ccccn1. The van der Waals surface area contributed by atoms with Crippen LogP contribution in [0.3, 0.4) is 0 Å². The zero-order chi connectivity index (χ0) is 15.4. The molecule has 0 aromatic carbocycles. The second-order valence-electron chi connectivity index (χ2n) is 4.93. The van der Waals surface area contributed by atoms with E-state index in [0.29, 0.717) is 0 Å². The number of hydrogen-bond donors (Lipinski definition) is 0. The average molecular weight is 291 g/mol. The maximum atomic E-state index is 5.47. The van der Waals surface area contributed by atoms with Crippen LogP contribution in [-0.4, -0.2) is 22.1 Å². The van der Waals surface area contributed by atoms with E-state index in [1.807, 2.05) is 49.4 Å². The summed E-state index contributed by atoms with van der Waals surface area (Å²) in [6.45, 7) is 2.01. The molecular weight excluding hydrogens is 274 g/mol. The molecule has 0 radical (unpaired) electrons. The van der Waals surface area contributed by atoms with E-state index < -0.39 is 0 Å². The van der Waals surface area contributed by atoms with Gasteiger partial charge in [-0.1, -0.05) is 12.1 Å². The van der Waals surface area contributed by atoms with Crippen LogP contribution in [0.25, 0.3) is 22.6 Å². The lowest BCUT2D eigenvalue weighted by atomic mass is 10.00. The number of ether oxygens (including phenoxy) is 1. The zero-order valence-corrected chi connectivity index (χ0v) is 12.6. The molecule has 0 aliphatic carbocycles. The number of rotatable bonds is 4. The standard InChI is InChI=1S/C18H17N3O/c1-13(22-2)14-7-5-11-20-17(14)15-8-6-12-21-18(15)16-9-3-4-10-19-16/h3-13H,1-2H3. The Labute approximate surface area is 129 Å². The van der Waals surface area contributed by atoms with Crippen LogP contribution in [0.5, 0.6) is 0 Å². The average Bonchev–Trinajstić information content (AvgIpc) is 2.62. The first kappa shape index (κ1) is 14.4. The van der Waals surface area contributed by atoms with Crippen LogP contribution in [0.4, 0.5) is 0 Å². The van der Waals surface area contributed by atoms with Crippen LogP contribution < -0.4 is 0 Å². The van der Waals surface area contributed by atoms with Crippen molar-refractivity contribution in [2.24, 2.45) is 0 Å². The Hall–Kier alpha value is -2.59. The molecule has 0 bridgehead atoms. The fourth-order valence-corrected chi connectivity index (χ4v) is 2.40. The second kappa shape index (κ2) is 6.45. The minimum absolute atomic E-state index is 0.0412. The maximum Gasteiger partial charge on any atom is 0.0980 e. The van der Waals surface area contributed by atoms with E-state index in [1.165, 1.54) is 0 Å². The summed E-state index contributed by atoms with van der Waals surface area (Å²) in [6, 6.07) is 13.7. The topological polar surface area (TPSA) is 47.9 Å². The highest BCUT2D eigenvalue weighted by atomic mass is 16.5. The van der Waals surface area contributed by atoms with Crippen molar-refractivity contribution < 1.29 is 4.74 Å². The van der Waals surface area contributed by atoms with Crippen LogP contribution >= 0.6 is 0 Å². The molecule has 0 spiro atoms. The predicted octanol–water partition coefficient (Wildman–Crippen LogP) is 3.91. The molecule has 0 fully saturated rings. The summed E-state index contributed by atoms with van der Waals surface area (Å²) in [7, 11) is 1.70. The van der Waals surface area contributed by atoms with Gasteiger partial charge < -0.3 is 4.74 Å². The van der Waals surface area contributed by atoms with Gasteiger partial charge in [0.15, 0.2) is 0 Å². The Morgan fingerprint density at radius 3 is 2.27 bits per heavy atom. The van der Waals surface area contributed by atoms with Crippen molar-refractivity contribution in [2.45, 2.75) is 13.0 Å². The van der Waals surface area contributed by atoms with Crippen molar-refractivity contribution >= 4 is 0 Å². The third-order valence-corrected chi connectivity index (χ3v) is 3.60. The van der Waals surface area contributed by atoms with Crippen molar-refractivity contribution in [3.8, 4) is 22.6 Å². The van der Waals surface area contributed by atoms with Crippen molar-refractivity contribution in [2.75, 3.05) is 7.11 Å². The Balaban J connectivity index is 2.19. The summed E-state index contributed by atoms with van der Waals surface area (Å²) in [5.74, 6) is 0. The van der Waals surface area contributed by atoms with Crippen molar-refractivity contribution in [3.05, 3.63) is 66.6 Å². The molecule has 1 atom stereocenters. The van der Waals surface area contributed by atoms with Gasteiger partial charge in [-0.05, 0) is 37.3 Å². The lowest BCUT2D eigenvalue weighted by Gasteiger charge is -2.15. The summed E-state index contributed by atoms with van der Waals surface area (Å²) >= 11 is 0. The van der Waals surface area contributed by atoms with E-state index in [-0.39, 0.29) is 6.10 Å². The molecule has 22 heavy (non-hydrogen) atoms. The predicted molar refractivity (Wildman–Crippen MR) is 86.1 cm³/mol. The van der Waals surface area contributed by atoms with Crippen LogP contribution in [0.1, 0.15) is 18.6 Å². The summed E-state index contributed by atoms with van der Waals surface area (Å²) in [5, 5.41) is 0. The van der Waals surface area contributed by atoms with Gasteiger partial charge in [0.2, 0.25) is 0 Å². The summed E-state index contributed by atoms with van der Waals surface area (Å²) in [4.78, 5) is 13.5. The molecule has 0 saturated carbocycles. The molecule has 3 rings (SSSR count). The molecule has 3 aromatic heterocycles. The highest BCUT2D eigenvalue weighted by Crippen LogP contribution is 2.32. The van der Waals surface area contributed by atoms with Gasteiger partial charge >= 0.3 is 0 Å². The maximum absolute atomic E-state index is 5.47. The summed E-state index contributed by atoms with van der Waals surface area (Å²) in [6.07, 6.45) is 5.29. The van der Waals surface area contributed by atoms with Gasteiger partial charge in [-0.25, -0.2) is 0 Å². The van der Waals surface area contributed by atoms with Crippen LogP contribution in [0.2, 0.25) is 0 Å². The lowest BCUT2D eigenvalue weighted by molar-refractivity contribution is 0.120. The van der Waals surface area contributed by atoms with Gasteiger partial charge in [0.05, 0.1) is 23.2 Å². The number of pyridine rings is 3. The second-order valence-corrected chi connectivity index (χ2v) is 4.93. The first-order chi connectivity index (χ1) is 10.8. The molecule has 1 unspecified atom stereocenters. The van der Waals surface area contributed by atoms with Crippen LogP contribution in [-0.2, 0) is 4.74 Å². The van der Waals surface area contributed by atoms with E-state index >= 15 is 0 Å². The van der Waals surface area contributed by atoms with Gasteiger partial charge in [0.25, 0.3) is 0 Å². The largest absolute Gasteiger partial charge is 0.377 e. The van der Waals surface area contributed by atoms with Gasteiger partial charge in [-0.2, -0.15) is 0 Å². The van der Waals surface area contributed by atoms with Crippen molar-refractivity contribution in [1.82, 2.24) is 15.0 Å². The first-order valence-electron chi connectivity index (χ1n) is 7.15. The monoisotopic (exact) mass is 291 g/mol. The summed E-state index contributed by atoms with van der Waals surface area (Å²) in [5.41, 5.74) is 4.53. The highest BCUT2D eigenvalue weighted by molar-refractivity contribution is 5.78. The van der Waals surface area contributed by atoms with Gasteiger partial charge in [0.1, 0.15) is 0 Å². The fourth-order valence-electron chi connectivity index (χ4n) is 2.40. The van der Waals surface area contributed by atoms with Gasteiger partial charge in [-0.15, -0.1) is 0 Å². The molecule has 0 N–H and O–H groups in total. The quantitative estimate of drug-likeness (QED) is 0.731. The van der Waals surface area contributed by atoms with E-state index in [1.54, 1.807) is 25.7 Å². The Kier molecular flexibility index (Phi) is 4.21. The number of hydrogen-bond acceptors (Lipinski definition) is 4. The molecule has 0 amide bonds. The molecule has 0 saturated heterocycles. The van der Waals surface area contributed by atoms with E-state index in [0.717, 1.165) is 28.2 Å². The zero-order valence-electron chi connectivity index (χ0n) is 12.6. The van der Waals surface area contributed by atoms with Crippen molar-refractivity contribution in [3.63, 3.8) is 0 Å². The number of nitrogens with zero attached hydrogens (tertiary/aromatic N) is 3. The highest BCUT2D eigenvalue weighted by Gasteiger charge is 2.16. The lowest BCUT2D eigenvalue weighted by Crippen LogP contribution is -2.02.